The summed E-state index contributed by atoms with van der Waals surface area (Å²) in [6, 6.07) is 0. The van der Waals surface area contributed by atoms with Gasteiger partial charge in [-0.3, -0.25) is 4.79 Å². The van der Waals surface area contributed by atoms with Crippen LogP contribution in [0.1, 0.15) is 6.92 Å². The molecule has 0 aliphatic heterocycles. The first-order chi connectivity index (χ1) is 7.36. The van der Waals surface area contributed by atoms with E-state index in [0.29, 0.717) is 0 Å². The SMILES string of the molecule is CC(=O)SCC(F)(F)C(F)(F)C(F)(F)C(F)F. The summed E-state index contributed by atoms with van der Waals surface area (Å²) in [5.41, 5.74) is 0. The van der Waals surface area contributed by atoms with Crippen molar-refractivity contribution in [1.29, 1.82) is 0 Å². The zero-order chi connectivity index (χ0) is 14.1. The smallest absolute Gasteiger partial charge is 0.288 e. The van der Waals surface area contributed by atoms with Crippen LogP contribution in [0.2, 0.25) is 0 Å². The molecule has 0 fully saturated rings. The third kappa shape index (κ3) is 3.23. The van der Waals surface area contributed by atoms with Gasteiger partial charge in [-0.2, -0.15) is 26.3 Å². The number of thioether (sulfide) groups is 1. The summed E-state index contributed by atoms with van der Waals surface area (Å²) in [6.45, 7) is 0.740. The largest absolute Gasteiger partial charge is 0.378 e. The predicted octanol–water partition coefficient (Wildman–Crippen LogP) is 3.44. The lowest BCUT2D eigenvalue weighted by atomic mass is 10.1. The van der Waals surface area contributed by atoms with Gasteiger partial charge in [0, 0.05) is 6.92 Å². The molecule has 1 nitrogen and oxygen atoms in total. The number of halogens is 8. The van der Waals surface area contributed by atoms with Gasteiger partial charge in [0.2, 0.25) is 0 Å². The molecular weight excluding hydrogens is 284 g/mol. The molecule has 0 aliphatic carbocycles. The maximum Gasteiger partial charge on any atom is 0.378 e. The minimum atomic E-state index is -6.24. The molecule has 0 spiro atoms. The third-order valence-electron chi connectivity index (χ3n) is 1.61. The quantitative estimate of drug-likeness (QED) is 0.721. The van der Waals surface area contributed by atoms with Crippen molar-refractivity contribution in [2.45, 2.75) is 31.1 Å². The molecule has 102 valence electrons. The van der Waals surface area contributed by atoms with Crippen LogP contribution in [0, 0.1) is 0 Å². The Kier molecular flexibility index (Phi) is 4.83. The van der Waals surface area contributed by atoms with E-state index < -0.39 is 35.1 Å². The Bertz CT molecular complexity index is 290. The van der Waals surface area contributed by atoms with Crippen molar-refractivity contribution < 1.29 is 39.9 Å². The Balaban J connectivity index is 5.08. The highest BCUT2D eigenvalue weighted by Crippen LogP contribution is 2.49. The van der Waals surface area contributed by atoms with Crippen molar-refractivity contribution in [3.05, 3.63) is 0 Å². The second-order valence-electron chi connectivity index (χ2n) is 2.98. The van der Waals surface area contributed by atoms with E-state index in [1.165, 1.54) is 0 Å². The number of rotatable bonds is 5. The van der Waals surface area contributed by atoms with Gasteiger partial charge in [-0.15, -0.1) is 0 Å². The van der Waals surface area contributed by atoms with Gasteiger partial charge in [-0.1, -0.05) is 11.8 Å². The predicted molar refractivity (Wildman–Crippen MR) is 44.0 cm³/mol. The van der Waals surface area contributed by atoms with E-state index in [4.69, 9.17) is 0 Å². The summed E-state index contributed by atoms with van der Waals surface area (Å²) in [4.78, 5) is 10.3. The van der Waals surface area contributed by atoms with Gasteiger partial charge < -0.3 is 0 Å². The molecule has 0 aromatic heterocycles. The van der Waals surface area contributed by atoms with Gasteiger partial charge in [0.25, 0.3) is 0 Å². The fourth-order valence-electron chi connectivity index (χ4n) is 0.664. The van der Waals surface area contributed by atoms with Crippen molar-refractivity contribution in [3.8, 4) is 0 Å². The zero-order valence-corrected chi connectivity index (χ0v) is 8.94. The molecule has 0 unspecified atom stereocenters. The number of hydrogen-bond acceptors (Lipinski definition) is 2. The average molecular weight is 290 g/mol. The molecule has 0 rings (SSSR count). The van der Waals surface area contributed by atoms with Crippen molar-refractivity contribution in [2.75, 3.05) is 5.75 Å². The number of alkyl halides is 8. The Morgan fingerprint density at radius 2 is 1.53 bits per heavy atom. The van der Waals surface area contributed by atoms with Gasteiger partial charge in [-0.05, 0) is 0 Å². The normalized spacial score (nSPS) is 14.2. The summed E-state index contributed by atoms with van der Waals surface area (Å²) < 4.78 is 98.3. The number of hydrogen-bond donors (Lipinski definition) is 0. The Morgan fingerprint density at radius 1 is 1.12 bits per heavy atom. The molecule has 0 aromatic rings. The van der Waals surface area contributed by atoms with Crippen molar-refractivity contribution >= 4 is 16.9 Å². The minimum absolute atomic E-state index is 0.354. The van der Waals surface area contributed by atoms with Crippen LogP contribution >= 0.6 is 11.8 Å². The van der Waals surface area contributed by atoms with Crippen LogP contribution in [-0.4, -0.2) is 35.1 Å². The molecule has 17 heavy (non-hydrogen) atoms. The third-order valence-corrected chi connectivity index (χ3v) is 2.52. The highest BCUT2D eigenvalue weighted by atomic mass is 32.2. The van der Waals surface area contributed by atoms with Gasteiger partial charge >= 0.3 is 24.2 Å². The molecule has 0 atom stereocenters. The van der Waals surface area contributed by atoms with Gasteiger partial charge in [-0.25, -0.2) is 8.78 Å². The molecule has 0 radical (unpaired) electrons. The summed E-state index contributed by atoms with van der Waals surface area (Å²) in [6.07, 6.45) is -4.94. The van der Waals surface area contributed by atoms with Crippen LogP contribution in [0.4, 0.5) is 35.1 Å². The molecule has 0 aliphatic rings. The molecule has 0 amide bonds. The van der Waals surface area contributed by atoms with Crippen LogP contribution in [0.25, 0.3) is 0 Å². The molecule has 10 heteroatoms. The maximum absolute atomic E-state index is 12.7. The number of carbonyl (C=O) groups is 1. The minimum Gasteiger partial charge on any atom is -0.288 e. The molecule has 0 N–H and O–H groups in total. The van der Waals surface area contributed by atoms with Crippen LogP contribution in [-0.2, 0) is 4.79 Å². The van der Waals surface area contributed by atoms with E-state index in [1.807, 2.05) is 0 Å². The van der Waals surface area contributed by atoms with Crippen LogP contribution in [0.3, 0.4) is 0 Å². The first-order valence-electron chi connectivity index (χ1n) is 3.91. The highest BCUT2D eigenvalue weighted by Gasteiger charge is 2.75. The summed E-state index contributed by atoms with van der Waals surface area (Å²) in [5.74, 6) is -19.8. The monoisotopic (exact) mass is 290 g/mol. The highest BCUT2D eigenvalue weighted by molar-refractivity contribution is 8.13. The van der Waals surface area contributed by atoms with Crippen LogP contribution in [0.5, 0.6) is 0 Å². The lowest BCUT2D eigenvalue weighted by Crippen LogP contribution is -2.58. The molecular formula is C7H6F8OS. The van der Waals surface area contributed by atoms with E-state index in [2.05, 4.69) is 0 Å². The summed E-state index contributed by atoms with van der Waals surface area (Å²) in [7, 11) is 0. The van der Waals surface area contributed by atoms with E-state index in [0.717, 1.165) is 6.92 Å². The van der Waals surface area contributed by atoms with Crippen LogP contribution < -0.4 is 0 Å². The maximum atomic E-state index is 12.7. The molecule has 0 saturated carbocycles. The second-order valence-corrected chi connectivity index (χ2v) is 4.14. The molecule has 0 saturated heterocycles. The zero-order valence-electron chi connectivity index (χ0n) is 8.12. The first-order valence-corrected chi connectivity index (χ1v) is 4.90. The fraction of sp³-hybridized carbons (Fsp3) is 0.857. The van der Waals surface area contributed by atoms with E-state index in [9.17, 15) is 39.9 Å². The van der Waals surface area contributed by atoms with Crippen molar-refractivity contribution in [3.63, 3.8) is 0 Å². The topological polar surface area (TPSA) is 17.1 Å². The average Bonchev–Trinajstić information content (AvgIpc) is 2.14. The van der Waals surface area contributed by atoms with Gasteiger partial charge in [0.05, 0.1) is 5.75 Å². The number of carbonyl (C=O) groups excluding carboxylic acids is 1. The van der Waals surface area contributed by atoms with Gasteiger partial charge in [0.15, 0.2) is 5.12 Å². The Labute approximate surface area is 94.5 Å². The van der Waals surface area contributed by atoms with E-state index >= 15 is 0 Å². The summed E-state index contributed by atoms with van der Waals surface area (Å²) in [5, 5.41) is -1.03. The van der Waals surface area contributed by atoms with Crippen molar-refractivity contribution in [1.82, 2.24) is 0 Å². The molecule has 0 heterocycles. The van der Waals surface area contributed by atoms with Crippen LogP contribution in [0.15, 0.2) is 0 Å². The standard InChI is InChI=1S/C7H6F8OS/c1-3(16)17-2-5(10,11)7(14,15)6(12,13)4(8)9/h4H,2H2,1H3. The Hall–Kier alpha value is -0.540. The van der Waals surface area contributed by atoms with E-state index in [1.54, 1.807) is 0 Å². The lowest BCUT2D eigenvalue weighted by molar-refractivity contribution is -0.331. The lowest BCUT2D eigenvalue weighted by Gasteiger charge is -2.31. The van der Waals surface area contributed by atoms with Crippen molar-refractivity contribution in [2.24, 2.45) is 0 Å². The molecule has 0 bridgehead atoms. The summed E-state index contributed by atoms with van der Waals surface area (Å²) >= 11 is -0.354. The van der Waals surface area contributed by atoms with E-state index in [-0.39, 0.29) is 11.8 Å². The Morgan fingerprint density at radius 3 is 1.82 bits per heavy atom. The fourth-order valence-corrected chi connectivity index (χ4v) is 1.23. The van der Waals surface area contributed by atoms with Gasteiger partial charge in [0.1, 0.15) is 0 Å². The second kappa shape index (κ2) is 4.99. The first kappa shape index (κ1) is 16.5. The molecule has 0 aromatic carbocycles.